The first kappa shape index (κ1) is 21.3. The highest BCUT2D eigenvalue weighted by Crippen LogP contribution is 2.26. The van der Waals surface area contributed by atoms with E-state index in [0.717, 1.165) is 10.6 Å². The van der Waals surface area contributed by atoms with Crippen LogP contribution in [-0.4, -0.2) is 42.1 Å². The summed E-state index contributed by atoms with van der Waals surface area (Å²) in [7, 11) is 2.91. The van der Waals surface area contributed by atoms with Crippen molar-refractivity contribution in [2.24, 2.45) is 5.41 Å². The lowest BCUT2D eigenvalue weighted by Crippen LogP contribution is -2.43. The normalized spacial score (nSPS) is 11.4. The maximum atomic E-state index is 12.6. The molecule has 3 amide bonds. The molecule has 6 nitrogen and oxygen atoms in total. The number of halogens is 1. The van der Waals surface area contributed by atoms with E-state index >= 15 is 0 Å². The molecule has 0 aliphatic rings. The second-order valence-corrected chi connectivity index (χ2v) is 7.60. The number of carbonyl (C=O) groups is 2. The van der Waals surface area contributed by atoms with E-state index in [0.29, 0.717) is 17.3 Å². The van der Waals surface area contributed by atoms with Crippen molar-refractivity contribution in [3.05, 3.63) is 28.8 Å². The molecule has 0 saturated heterocycles. The monoisotopic (exact) mass is 369 g/mol. The third-order valence-electron chi connectivity index (χ3n) is 3.73. The van der Waals surface area contributed by atoms with Crippen LogP contribution in [0.4, 0.5) is 10.5 Å². The Morgan fingerprint density at radius 2 is 1.88 bits per heavy atom. The second-order valence-electron chi connectivity index (χ2n) is 7.19. The fourth-order valence-corrected chi connectivity index (χ4v) is 2.38. The molecule has 0 aliphatic heterocycles. The van der Waals surface area contributed by atoms with Gasteiger partial charge in [-0.15, -0.1) is 0 Å². The van der Waals surface area contributed by atoms with Crippen molar-refractivity contribution in [2.45, 2.75) is 47.2 Å². The number of hydrogen-bond donors (Lipinski definition) is 1. The molecule has 0 radical (unpaired) electrons. The van der Waals surface area contributed by atoms with Gasteiger partial charge in [-0.1, -0.05) is 38.4 Å². The topological polar surface area (TPSA) is 61.9 Å². The quantitative estimate of drug-likeness (QED) is 0.793. The molecule has 0 heterocycles. The molecule has 1 rings (SSSR count). The smallest absolute Gasteiger partial charge is 0.335 e. The Bertz CT molecular complexity index is 626. The van der Waals surface area contributed by atoms with Gasteiger partial charge in [-0.05, 0) is 31.5 Å². The van der Waals surface area contributed by atoms with Crippen molar-refractivity contribution in [2.75, 3.05) is 19.5 Å². The van der Waals surface area contributed by atoms with Crippen molar-refractivity contribution >= 4 is 29.2 Å². The Morgan fingerprint density at radius 3 is 2.32 bits per heavy atom. The zero-order valence-corrected chi connectivity index (χ0v) is 16.8. The van der Waals surface area contributed by atoms with Crippen LogP contribution >= 0.6 is 11.6 Å². The van der Waals surface area contributed by atoms with Gasteiger partial charge in [-0.3, -0.25) is 9.63 Å². The average Bonchev–Trinajstić information content (AvgIpc) is 2.51. The van der Waals surface area contributed by atoms with Crippen LogP contribution in [0.2, 0.25) is 5.02 Å². The molecule has 0 unspecified atom stereocenters. The molecule has 1 aromatic rings. The fraction of sp³-hybridized carbons (Fsp3) is 0.556. The molecule has 0 saturated carbocycles. The first-order chi connectivity index (χ1) is 11.5. The van der Waals surface area contributed by atoms with E-state index in [-0.39, 0.29) is 11.9 Å². The fourth-order valence-electron chi connectivity index (χ4n) is 2.14. The van der Waals surface area contributed by atoms with E-state index in [1.807, 2.05) is 40.7 Å². The number of rotatable bonds is 5. The molecular weight excluding hydrogens is 342 g/mol. The highest BCUT2D eigenvalue weighted by Gasteiger charge is 2.29. The van der Waals surface area contributed by atoms with Crippen molar-refractivity contribution < 1.29 is 14.4 Å². The van der Waals surface area contributed by atoms with Crippen LogP contribution in [0.25, 0.3) is 0 Å². The van der Waals surface area contributed by atoms with Gasteiger partial charge in [0.15, 0.2) is 0 Å². The lowest BCUT2D eigenvalue weighted by atomic mass is 9.93. The predicted octanol–water partition coefficient (Wildman–Crippen LogP) is 4.15. The summed E-state index contributed by atoms with van der Waals surface area (Å²) in [5.41, 5.74) is 0.919. The lowest BCUT2D eigenvalue weighted by Gasteiger charge is -2.33. The second kappa shape index (κ2) is 8.54. The van der Waals surface area contributed by atoms with Crippen LogP contribution in [0.3, 0.4) is 0 Å². The number of anilines is 1. The molecule has 1 N–H and O–H groups in total. The number of hydrogen-bond acceptors (Lipinski definition) is 3. The number of amides is 3. The van der Waals surface area contributed by atoms with Crippen molar-refractivity contribution in [1.82, 2.24) is 9.96 Å². The van der Waals surface area contributed by atoms with E-state index < -0.39 is 11.4 Å². The van der Waals surface area contributed by atoms with Gasteiger partial charge >= 0.3 is 6.03 Å². The SMILES string of the molecule is CON(C)C(=O)Nc1ccc(CN(C(=O)C(C)(C)C)C(C)C)c(Cl)c1. The van der Waals surface area contributed by atoms with Crippen molar-refractivity contribution in [3.63, 3.8) is 0 Å². The highest BCUT2D eigenvalue weighted by molar-refractivity contribution is 6.31. The Hall–Kier alpha value is -1.79. The van der Waals surface area contributed by atoms with Crippen LogP contribution in [0.15, 0.2) is 18.2 Å². The molecule has 25 heavy (non-hydrogen) atoms. The minimum absolute atomic E-state index is 0.0533. The van der Waals surface area contributed by atoms with E-state index in [2.05, 4.69) is 5.32 Å². The summed E-state index contributed by atoms with van der Waals surface area (Å²) in [6, 6.07) is 4.88. The molecule has 0 spiro atoms. The number of carbonyl (C=O) groups excluding carboxylic acids is 2. The summed E-state index contributed by atoms with van der Waals surface area (Å²) in [5.74, 6) is 0.0673. The van der Waals surface area contributed by atoms with Gasteiger partial charge in [-0.2, -0.15) is 0 Å². The molecule has 0 aliphatic carbocycles. The van der Waals surface area contributed by atoms with Crippen LogP contribution in [0, 0.1) is 5.41 Å². The van der Waals surface area contributed by atoms with Gasteiger partial charge < -0.3 is 10.2 Å². The Kier molecular flexibility index (Phi) is 7.26. The molecule has 0 fully saturated rings. The zero-order chi connectivity index (χ0) is 19.4. The third kappa shape index (κ3) is 5.90. The average molecular weight is 370 g/mol. The molecule has 7 heteroatoms. The van der Waals surface area contributed by atoms with Gasteiger partial charge in [0, 0.05) is 35.8 Å². The van der Waals surface area contributed by atoms with Crippen molar-refractivity contribution in [3.8, 4) is 0 Å². The van der Waals surface area contributed by atoms with Gasteiger partial charge in [-0.25, -0.2) is 9.86 Å². The minimum Gasteiger partial charge on any atom is -0.335 e. The molecule has 0 atom stereocenters. The van der Waals surface area contributed by atoms with E-state index in [1.54, 1.807) is 17.0 Å². The van der Waals surface area contributed by atoms with Crippen LogP contribution in [0.5, 0.6) is 0 Å². The predicted molar refractivity (Wildman–Crippen MR) is 100 cm³/mol. The van der Waals surface area contributed by atoms with Gasteiger partial charge in [0.1, 0.15) is 0 Å². The Balaban J connectivity index is 2.96. The minimum atomic E-state index is -0.463. The van der Waals surface area contributed by atoms with Gasteiger partial charge in [0.25, 0.3) is 0 Å². The Labute approximate surface area is 155 Å². The summed E-state index contributed by atoms with van der Waals surface area (Å²) in [5, 5.41) is 4.25. The summed E-state index contributed by atoms with van der Waals surface area (Å²) in [4.78, 5) is 31.1. The van der Waals surface area contributed by atoms with Crippen LogP contribution < -0.4 is 5.32 Å². The molecule has 140 valence electrons. The number of benzene rings is 1. The Morgan fingerprint density at radius 1 is 1.28 bits per heavy atom. The summed E-state index contributed by atoms with van der Waals surface area (Å²) < 4.78 is 0. The standard InChI is InChI=1S/C18H28ClN3O3/c1-12(2)22(16(23)18(3,4)5)11-13-8-9-14(10-15(13)19)20-17(24)21(6)25-7/h8-10,12H,11H2,1-7H3,(H,20,24). The number of nitrogens with zero attached hydrogens (tertiary/aromatic N) is 2. The zero-order valence-electron chi connectivity index (χ0n) is 16.0. The van der Waals surface area contributed by atoms with Crippen LogP contribution in [-0.2, 0) is 16.2 Å². The largest absolute Gasteiger partial charge is 0.345 e. The maximum Gasteiger partial charge on any atom is 0.345 e. The highest BCUT2D eigenvalue weighted by atomic mass is 35.5. The van der Waals surface area contributed by atoms with Gasteiger partial charge in [0.05, 0.1) is 7.11 Å². The summed E-state index contributed by atoms with van der Waals surface area (Å²) in [6.07, 6.45) is 0. The molecule has 0 bridgehead atoms. The summed E-state index contributed by atoms with van der Waals surface area (Å²) in [6.45, 7) is 10.1. The first-order valence-electron chi connectivity index (χ1n) is 8.15. The van der Waals surface area contributed by atoms with Crippen LogP contribution in [0.1, 0.15) is 40.2 Å². The first-order valence-corrected chi connectivity index (χ1v) is 8.53. The van der Waals surface area contributed by atoms with E-state index in [9.17, 15) is 9.59 Å². The van der Waals surface area contributed by atoms with Crippen molar-refractivity contribution in [1.29, 1.82) is 0 Å². The summed E-state index contributed by atoms with van der Waals surface area (Å²) >= 11 is 6.36. The molecular formula is C18H28ClN3O3. The molecule has 1 aromatic carbocycles. The lowest BCUT2D eigenvalue weighted by molar-refractivity contribution is -0.142. The number of hydroxylamine groups is 2. The number of nitrogens with one attached hydrogen (secondary N) is 1. The maximum absolute atomic E-state index is 12.6. The van der Waals surface area contributed by atoms with Gasteiger partial charge in [0.2, 0.25) is 5.91 Å². The third-order valence-corrected chi connectivity index (χ3v) is 4.08. The molecule has 0 aromatic heterocycles. The number of urea groups is 1. The van der Waals surface area contributed by atoms with E-state index in [4.69, 9.17) is 16.4 Å². The van der Waals surface area contributed by atoms with E-state index in [1.165, 1.54) is 14.2 Å².